The topological polar surface area (TPSA) is 118 Å². The van der Waals surface area contributed by atoms with Crippen molar-refractivity contribution >= 4 is 90.0 Å². The molecule has 0 aromatic heterocycles. The number of hydrogen-bond acceptors (Lipinski definition) is 6. The van der Waals surface area contributed by atoms with Gasteiger partial charge in [0.25, 0.3) is 0 Å². The highest BCUT2D eigenvalue weighted by atomic mass is 79.9. The van der Waals surface area contributed by atoms with E-state index in [1.165, 1.54) is 31.3 Å². The molecule has 2 aliphatic carbocycles. The summed E-state index contributed by atoms with van der Waals surface area (Å²) in [4.78, 5) is 75.5. The fourth-order valence-electron chi connectivity index (χ4n) is 3.83. The van der Waals surface area contributed by atoms with E-state index in [4.69, 9.17) is 23.2 Å². The molecule has 2 unspecified atom stereocenters. The quantitative estimate of drug-likeness (QED) is 0.479. The van der Waals surface area contributed by atoms with Gasteiger partial charge in [0.1, 0.15) is 31.1 Å². The summed E-state index contributed by atoms with van der Waals surface area (Å²) in [6.45, 7) is 0. The molecule has 0 saturated carbocycles. The summed E-state index contributed by atoms with van der Waals surface area (Å²) in [7, 11) is 1.24. The Balaban J connectivity index is 1.54. The molecule has 2 aromatic carbocycles. The van der Waals surface area contributed by atoms with Crippen LogP contribution in [0.25, 0.3) is 0 Å². The van der Waals surface area contributed by atoms with Crippen LogP contribution in [0.4, 0.5) is 0 Å². The summed E-state index contributed by atoms with van der Waals surface area (Å²) < 4.78 is 0. The van der Waals surface area contributed by atoms with E-state index in [2.05, 4.69) is 37.2 Å². The standard InChI is InChI=1S/C25H14Br2Cl2N2O6/c1-31(19-17(29)21(33)11-7-3-5-9-13(11)23(19)35)25(37)15(27)14(26)24(36)30-18-16(28)20(32)10-6-2-4-8-12(10)22(18)34/h2-9,14-15H,1H3,(H,30,36). The summed E-state index contributed by atoms with van der Waals surface area (Å²) >= 11 is 18.5. The molecule has 0 heterocycles. The molecule has 0 spiro atoms. The molecule has 0 bridgehead atoms. The van der Waals surface area contributed by atoms with Gasteiger partial charge in [0.15, 0.2) is 0 Å². The minimum Gasteiger partial charge on any atom is -0.320 e. The lowest BCUT2D eigenvalue weighted by Crippen LogP contribution is -2.46. The van der Waals surface area contributed by atoms with Crippen molar-refractivity contribution in [3.8, 4) is 0 Å². The Morgan fingerprint density at radius 3 is 1.68 bits per heavy atom. The number of nitrogens with one attached hydrogen (secondary N) is 1. The Labute approximate surface area is 236 Å². The van der Waals surface area contributed by atoms with Gasteiger partial charge in [-0.05, 0) is 0 Å². The van der Waals surface area contributed by atoms with Crippen molar-refractivity contribution in [2.75, 3.05) is 7.05 Å². The van der Waals surface area contributed by atoms with E-state index in [1.54, 1.807) is 24.3 Å². The Bertz CT molecular complexity index is 1500. The number of amides is 2. The van der Waals surface area contributed by atoms with Gasteiger partial charge >= 0.3 is 0 Å². The Kier molecular flexibility index (Phi) is 7.66. The maximum atomic E-state index is 13.2. The van der Waals surface area contributed by atoms with Gasteiger partial charge < -0.3 is 10.2 Å². The number of halogens is 4. The third-order valence-corrected chi connectivity index (χ3v) is 9.04. The predicted molar refractivity (Wildman–Crippen MR) is 142 cm³/mol. The first-order valence-corrected chi connectivity index (χ1v) is 13.1. The van der Waals surface area contributed by atoms with E-state index >= 15 is 0 Å². The number of nitrogens with zero attached hydrogens (tertiary/aromatic N) is 1. The Morgan fingerprint density at radius 2 is 1.16 bits per heavy atom. The number of benzene rings is 2. The van der Waals surface area contributed by atoms with Gasteiger partial charge in [-0.25, -0.2) is 0 Å². The van der Waals surface area contributed by atoms with Crippen LogP contribution in [0.5, 0.6) is 0 Å². The number of ketones is 4. The van der Waals surface area contributed by atoms with Crippen molar-refractivity contribution in [2.45, 2.75) is 9.65 Å². The van der Waals surface area contributed by atoms with Gasteiger partial charge in [-0.3, -0.25) is 28.8 Å². The Hall–Kier alpha value is -2.92. The van der Waals surface area contributed by atoms with Crippen molar-refractivity contribution in [3.63, 3.8) is 0 Å². The van der Waals surface area contributed by atoms with Gasteiger partial charge in [-0.1, -0.05) is 104 Å². The molecular weight excluding hydrogens is 655 g/mol. The summed E-state index contributed by atoms with van der Waals surface area (Å²) in [6, 6.07) is 12.1. The van der Waals surface area contributed by atoms with Crippen molar-refractivity contribution in [3.05, 3.63) is 92.2 Å². The van der Waals surface area contributed by atoms with Crippen LogP contribution in [-0.4, -0.2) is 56.5 Å². The van der Waals surface area contributed by atoms with Crippen LogP contribution in [0.2, 0.25) is 0 Å². The lowest BCUT2D eigenvalue weighted by atomic mass is 9.92. The average Bonchev–Trinajstić information content (AvgIpc) is 2.91. The normalized spacial score (nSPS) is 16.8. The molecule has 2 atom stereocenters. The largest absolute Gasteiger partial charge is 0.320 e. The molecule has 2 amide bonds. The second-order valence-corrected chi connectivity index (χ2v) is 10.7. The van der Waals surface area contributed by atoms with Crippen LogP contribution in [0.1, 0.15) is 41.4 Å². The summed E-state index contributed by atoms with van der Waals surface area (Å²) in [5.74, 6) is -4.20. The van der Waals surface area contributed by atoms with Crippen LogP contribution in [0.15, 0.2) is 70.0 Å². The molecule has 2 aromatic rings. The smallest absolute Gasteiger partial charge is 0.242 e. The van der Waals surface area contributed by atoms with Crippen molar-refractivity contribution < 1.29 is 28.8 Å². The van der Waals surface area contributed by atoms with E-state index in [9.17, 15) is 28.8 Å². The molecule has 0 aliphatic heterocycles. The number of hydrogen-bond donors (Lipinski definition) is 1. The number of Topliss-reactive ketones (excluding diaryl/α,β-unsaturated/α-hetero) is 4. The Morgan fingerprint density at radius 1 is 0.730 bits per heavy atom. The van der Waals surface area contributed by atoms with E-state index in [0.29, 0.717) is 0 Å². The fourth-order valence-corrected chi connectivity index (χ4v) is 5.27. The lowest BCUT2D eigenvalue weighted by molar-refractivity contribution is -0.129. The predicted octanol–water partition coefficient (Wildman–Crippen LogP) is 4.15. The molecule has 188 valence electrons. The number of likely N-dealkylation sites (N-methyl/N-ethyl adjacent to an activating group) is 1. The molecule has 0 radical (unpaired) electrons. The molecule has 0 saturated heterocycles. The SMILES string of the molecule is CN(C(=O)C(Br)C(Br)C(=O)NC1=C(Cl)C(=O)c2ccccc2C1=O)C1=C(Cl)C(=O)c2ccccc2C1=O. The molecule has 12 heteroatoms. The van der Waals surface area contributed by atoms with Gasteiger partial charge in [-0.15, -0.1) is 0 Å². The van der Waals surface area contributed by atoms with Crippen LogP contribution in [0.3, 0.4) is 0 Å². The van der Waals surface area contributed by atoms with Crippen LogP contribution in [-0.2, 0) is 9.59 Å². The molecule has 8 nitrogen and oxygen atoms in total. The number of carbonyl (C=O) groups is 6. The first-order chi connectivity index (χ1) is 17.5. The zero-order valence-electron chi connectivity index (χ0n) is 18.7. The molecule has 1 N–H and O–H groups in total. The zero-order chi connectivity index (χ0) is 27.2. The maximum Gasteiger partial charge on any atom is 0.242 e. The summed E-state index contributed by atoms with van der Waals surface area (Å²) in [6.07, 6.45) is 0. The highest BCUT2D eigenvalue weighted by Crippen LogP contribution is 2.32. The highest BCUT2D eigenvalue weighted by molar-refractivity contribution is 9.12. The van der Waals surface area contributed by atoms with Gasteiger partial charge in [0.2, 0.25) is 34.9 Å². The number of rotatable bonds is 5. The number of fused-ring (bicyclic) bond motifs is 2. The molecule has 37 heavy (non-hydrogen) atoms. The van der Waals surface area contributed by atoms with E-state index in [0.717, 1.165) is 4.90 Å². The van der Waals surface area contributed by atoms with E-state index < -0.39 is 60.4 Å². The zero-order valence-corrected chi connectivity index (χ0v) is 23.4. The monoisotopic (exact) mass is 666 g/mol. The fraction of sp³-hybridized carbons (Fsp3) is 0.120. The van der Waals surface area contributed by atoms with Crippen LogP contribution in [0, 0.1) is 0 Å². The minimum absolute atomic E-state index is 0.0758. The molecule has 0 fully saturated rings. The van der Waals surface area contributed by atoms with Gasteiger partial charge in [0.05, 0.1) is 0 Å². The third-order valence-electron chi connectivity index (χ3n) is 5.76. The van der Waals surface area contributed by atoms with Crippen molar-refractivity contribution in [1.82, 2.24) is 10.2 Å². The van der Waals surface area contributed by atoms with Crippen molar-refractivity contribution in [1.29, 1.82) is 0 Å². The molecular formula is C25H14Br2Cl2N2O6. The molecule has 4 rings (SSSR count). The highest BCUT2D eigenvalue weighted by Gasteiger charge is 2.40. The maximum absolute atomic E-state index is 13.2. The number of alkyl halides is 2. The second-order valence-electron chi connectivity index (χ2n) is 7.95. The third kappa shape index (κ3) is 4.63. The summed E-state index contributed by atoms with van der Waals surface area (Å²) in [5.41, 5.74) is -0.362. The minimum atomic E-state index is -1.29. The van der Waals surface area contributed by atoms with Crippen LogP contribution < -0.4 is 5.32 Å². The van der Waals surface area contributed by atoms with E-state index in [-0.39, 0.29) is 28.0 Å². The van der Waals surface area contributed by atoms with Gasteiger partial charge in [-0.2, -0.15) is 0 Å². The average molecular weight is 669 g/mol. The number of carbonyl (C=O) groups excluding carboxylic acids is 6. The first kappa shape index (κ1) is 27.1. The molecule has 2 aliphatic rings. The number of allylic oxidation sites excluding steroid dienone is 4. The summed E-state index contributed by atoms with van der Waals surface area (Å²) in [5, 5.41) is 1.41. The second kappa shape index (κ2) is 10.4. The first-order valence-electron chi connectivity index (χ1n) is 10.5. The van der Waals surface area contributed by atoms with E-state index in [1.807, 2.05) is 0 Å². The van der Waals surface area contributed by atoms with Crippen molar-refractivity contribution in [2.24, 2.45) is 0 Å². The lowest BCUT2D eigenvalue weighted by Gasteiger charge is -2.28. The van der Waals surface area contributed by atoms with Crippen LogP contribution >= 0.6 is 55.1 Å². The van der Waals surface area contributed by atoms with Gasteiger partial charge in [0, 0.05) is 29.3 Å².